The summed E-state index contributed by atoms with van der Waals surface area (Å²) in [5, 5.41) is 0. The molecule has 1 aliphatic carbocycles. The Hall–Kier alpha value is -1.18. The van der Waals surface area contributed by atoms with Crippen LogP contribution in [-0.2, 0) is 0 Å². The highest BCUT2D eigenvalue weighted by Crippen LogP contribution is 2.31. The highest BCUT2D eigenvalue weighted by atomic mass is 19.1. The van der Waals surface area contributed by atoms with Gasteiger partial charge in [-0.05, 0) is 42.0 Å². The molecule has 0 spiro atoms. The summed E-state index contributed by atoms with van der Waals surface area (Å²) in [5.41, 5.74) is 2.37. The molecule has 0 amide bonds. The number of hydrogen-bond donors (Lipinski definition) is 0. The highest BCUT2D eigenvalue weighted by Gasteiger charge is 2.13. The summed E-state index contributed by atoms with van der Waals surface area (Å²) in [4.78, 5) is 3.64. The van der Waals surface area contributed by atoms with Crippen LogP contribution in [0.25, 0.3) is 5.57 Å². The average molecular weight is 177 g/mol. The number of pyridine rings is 1. The maximum Gasteiger partial charge on any atom is 0.212 e. The highest BCUT2D eigenvalue weighted by molar-refractivity contribution is 5.66. The van der Waals surface area contributed by atoms with E-state index in [1.165, 1.54) is 11.6 Å². The van der Waals surface area contributed by atoms with Crippen LogP contribution >= 0.6 is 0 Å². The molecule has 0 aliphatic heterocycles. The van der Waals surface area contributed by atoms with Gasteiger partial charge in [0, 0.05) is 6.20 Å². The lowest BCUT2D eigenvalue weighted by Crippen LogP contribution is -1.88. The first kappa shape index (κ1) is 8.42. The Morgan fingerprint density at radius 3 is 2.85 bits per heavy atom. The summed E-state index contributed by atoms with van der Waals surface area (Å²) in [6, 6.07) is 3.21. The number of aromatic nitrogens is 1. The third-order valence-corrected chi connectivity index (χ3v) is 2.43. The van der Waals surface area contributed by atoms with Crippen molar-refractivity contribution >= 4 is 5.57 Å². The second-order valence-corrected chi connectivity index (χ2v) is 3.64. The molecule has 1 nitrogen and oxygen atoms in total. The van der Waals surface area contributed by atoms with Gasteiger partial charge in [-0.15, -0.1) is 0 Å². The maximum absolute atomic E-state index is 12.5. The van der Waals surface area contributed by atoms with Gasteiger partial charge in [-0.2, -0.15) is 4.39 Å². The minimum Gasteiger partial charge on any atom is -0.228 e. The Balaban J connectivity index is 2.22. The van der Waals surface area contributed by atoms with Crippen molar-refractivity contribution in [3.63, 3.8) is 0 Å². The van der Waals surface area contributed by atoms with Gasteiger partial charge in [-0.25, -0.2) is 4.98 Å². The second kappa shape index (κ2) is 3.29. The predicted molar refractivity (Wildman–Crippen MR) is 50.6 cm³/mol. The van der Waals surface area contributed by atoms with Gasteiger partial charge in [-0.3, -0.25) is 0 Å². The van der Waals surface area contributed by atoms with E-state index in [1.54, 1.807) is 12.3 Å². The van der Waals surface area contributed by atoms with Gasteiger partial charge >= 0.3 is 0 Å². The largest absolute Gasteiger partial charge is 0.228 e. The molecular formula is C11H12FN. The van der Waals surface area contributed by atoms with E-state index in [9.17, 15) is 4.39 Å². The Kier molecular flexibility index (Phi) is 2.13. The van der Waals surface area contributed by atoms with Gasteiger partial charge in [0.25, 0.3) is 0 Å². The molecule has 1 unspecified atom stereocenters. The van der Waals surface area contributed by atoms with E-state index in [-0.39, 0.29) is 0 Å². The van der Waals surface area contributed by atoms with Crippen molar-refractivity contribution in [2.45, 2.75) is 19.8 Å². The fourth-order valence-corrected chi connectivity index (χ4v) is 1.69. The lowest BCUT2D eigenvalue weighted by Gasteiger charge is -2.02. The fraction of sp³-hybridized carbons (Fsp3) is 0.364. The van der Waals surface area contributed by atoms with Crippen LogP contribution in [0.1, 0.15) is 25.3 Å². The molecule has 2 rings (SSSR count). The molecule has 0 fully saturated rings. The first-order chi connectivity index (χ1) is 6.25. The zero-order valence-electron chi connectivity index (χ0n) is 7.63. The second-order valence-electron chi connectivity index (χ2n) is 3.64. The molecule has 68 valence electrons. The van der Waals surface area contributed by atoms with Crippen LogP contribution in [0.3, 0.4) is 0 Å². The van der Waals surface area contributed by atoms with Crippen molar-refractivity contribution in [2.24, 2.45) is 5.92 Å². The van der Waals surface area contributed by atoms with Crippen molar-refractivity contribution in [2.75, 3.05) is 0 Å². The van der Waals surface area contributed by atoms with Crippen LogP contribution in [-0.4, -0.2) is 4.98 Å². The number of hydrogen-bond acceptors (Lipinski definition) is 1. The molecule has 0 N–H and O–H groups in total. The SMILES string of the molecule is CC1CC=C(c2ccc(F)nc2)C1. The molecule has 2 heteroatoms. The Bertz CT molecular complexity index is 326. The monoisotopic (exact) mass is 177 g/mol. The third kappa shape index (κ3) is 1.77. The number of allylic oxidation sites excluding steroid dienone is 2. The smallest absolute Gasteiger partial charge is 0.212 e. The molecule has 1 aromatic heterocycles. The molecule has 0 radical (unpaired) electrons. The quantitative estimate of drug-likeness (QED) is 0.601. The molecular weight excluding hydrogens is 165 g/mol. The summed E-state index contributed by atoms with van der Waals surface area (Å²) in [6.45, 7) is 2.22. The van der Waals surface area contributed by atoms with E-state index in [1.807, 2.05) is 0 Å². The Morgan fingerprint density at radius 2 is 2.31 bits per heavy atom. The summed E-state index contributed by atoms with van der Waals surface area (Å²) in [7, 11) is 0. The predicted octanol–water partition coefficient (Wildman–Crippen LogP) is 3.03. The van der Waals surface area contributed by atoms with Crippen molar-refractivity contribution in [1.82, 2.24) is 4.98 Å². The van der Waals surface area contributed by atoms with Crippen LogP contribution in [0.4, 0.5) is 4.39 Å². The molecule has 1 heterocycles. The molecule has 1 aromatic rings. The van der Waals surface area contributed by atoms with Crippen LogP contribution in [0.15, 0.2) is 24.4 Å². The summed E-state index contributed by atoms with van der Waals surface area (Å²) in [5.74, 6) is 0.315. The van der Waals surface area contributed by atoms with Crippen molar-refractivity contribution in [3.8, 4) is 0 Å². The third-order valence-electron chi connectivity index (χ3n) is 2.43. The van der Waals surface area contributed by atoms with Gasteiger partial charge in [0.15, 0.2) is 0 Å². The average Bonchev–Trinajstić information content (AvgIpc) is 2.53. The summed E-state index contributed by atoms with van der Waals surface area (Å²) < 4.78 is 12.5. The van der Waals surface area contributed by atoms with Crippen molar-refractivity contribution < 1.29 is 4.39 Å². The van der Waals surface area contributed by atoms with Gasteiger partial charge < -0.3 is 0 Å². The van der Waals surface area contributed by atoms with Crippen LogP contribution < -0.4 is 0 Å². The van der Waals surface area contributed by atoms with Crippen LogP contribution in [0.5, 0.6) is 0 Å². The van der Waals surface area contributed by atoms with E-state index < -0.39 is 5.95 Å². The molecule has 1 aliphatic rings. The van der Waals surface area contributed by atoms with Gasteiger partial charge in [0.05, 0.1) is 0 Å². The van der Waals surface area contributed by atoms with Gasteiger partial charge in [-0.1, -0.05) is 13.0 Å². The molecule has 0 saturated heterocycles. The minimum absolute atomic E-state index is 0.407. The number of halogens is 1. The lowest BCUT2D eigenvalue weighted by molar-refractivity contribution is 0.583. The van der Waals surface area contributed by atoms with Crippen molar-refractivity contribution in [1.29, 1.82) is 0 Å². The summed E-state index contributed by atoms with van der Waals surface area (Å²) in [6.07, 6.45) is 6.05. The topological polar surface area (TPSA) is 12.9 Å². The van der Waals surface area contributed by atoms with Crippen LogP contribution in [0, 0.1) is 11.9 Å². The minimum atomic E-state index is -0.407. The molecule has 1 atom stereocenters. The van der Waals surface area contributed by atoms with E-state index >= 15 is 0 Å². The number of nitrogens with zero attached hydrogens (tertiary/aromatic N) is 1. The van der Waals surface area contributed by atoms with Gasteiger partial charge in [0.2, 0.25) is 5.95 Å². The molecule has 0 aromatic carbocycles. The summed E-state index contributed by atoms with van der Waals surface area (Å²) >= 11 is 0. The Labute approximate surface area is 77.3 Å². The molecule has 0 bridgehead atoms. The van der Waals surface area contributed by atoms with E-state index in [4.69, 9.17) is 0 Å². The lowest BCUT2D eigenvalue weighted by atomic mass is 10.0. The maximum atomic E-state index is 12.5. The first-order valence-corrected chi connectivity index (χ1v) is 4.56. The molecule has 13 heavy (non-hydrogen) atoms. The number of rotatable bonds is 1. The standard InChI is InChI=1S/C11H12FN/c1-8-2-3-9(6-8)10-4-5-11(12)13-7-10/h3-5,7-8H,2,6H2,1H3. The van der Waals surface area contributed by atoms with E-state index in [0.717, 1.165) is 24.3 Å². The Morgan fingerprint density at radius 1 is 1.46 bits per heavy atom. The fourth-order valence-electron chi connectivity index (χ4n) is 1.69. The first-order valence-electron chi connectivity index (χ1n) is 4.56. The zero-order valence-corrected chi connectivity index (χ0v) is 7.63. The zero-order chi connectivity index (χ0) is 9.26. The molecule has 0 saturated carbocycles. The van der Waals surface area contributed by atoms with Crippen LogP contribution in [0.2, 0.25) is 0 Å². The van der Waals surface area contributed by atoms with E-state index in [0.29, 0.717) is 0 Å². The normalized spacial score (nSPS) is 21.7. The van der Waals surface area contributed by atoms with Crippen molar-refractivity contribution in [3.05, 3.63) is 35.9 Å². The van der Waals surface area contributed by atoms with Gasteiger partial charge in [0.1, 0.15) is 0 Å². The van der Waals surface area contributed by atoms with E-state index in [2.05, 4.69) is 18.0 Å².